The van der Waals surface area contributed by atoms with Gasteiger partial charge in [0.25, 0.3) is 0 Å². The van der Waals surface area contributed by atoms with Crippen LogP contribution in [0.1, 0.15) is 43.1 Å². The lowest BCUT2D eigenvalue weighted by molar-refractivity contribution is -0.115. The van der Waals surface area contributed by atoms with Crippen LogP contribution in [0, 0.1) is 0 Å². The fraction of sp³-hybridized carbons (Fsp3) is 0.375. The van der Waals surface area contributed by atoms with E-state index in [9.17, 15) is 9.59 Å². The molecule has 1 fully saturated rings. The summed E-state index contributed by atoms with van der Waals surface area (Å²) in [6, 6.07) is 7.37. The van der Waals surface area contributed by atoms with Gasteiger partial charge in [-0.2, -0.15) is 0 Å². The van der Waals surface area contributed by atoms with E-state index < -0.39 is 0 Å². The maximum absolute atomic E-state index is 12.3. The van der Waals surface area contributed by atoms with Gasteiger partial charge in [-0.25, -0.2) is 0 Å². The van der Waals surface area contributed by atoms with Gasteiger partial charge in [0.15, 0.2) is 10.9 Å². The Bertz CT molecular complexity index is 722. The number of hydrogen-bond acceptors (Lipinski definition) is 5. The van der Waals surface area contributed by atoms with E-state index in [0.29, 0.717) is 17.3 Å². The summed E-state index contributed by atoms with van der Waals surface area (Å²) < 4.78 is 2.04. The number of thioether (sulfide) groups is 1. The Morgan fingerprint density at radius 3 is 2.61 bits per heavy atom. The van der Waals surface area contributed by atoms with Crippen molar-refractivity contribution in [2.24, 2.45) is 0 Å². The number of anilines is 1. The Kier molecular flexibility index (Phi) is 4.47. The summed E-state index contributed by atoms with van der Waals surface area (Å²) in [7, 11) is 0. The van der Waals surface area contributed by atoms with Crippen molar-refractivity contribution >= 4 is 29.1 Å². The van der Waals surface area contributed by atoms with Crippen molar-refractivity contribution in [2.75, 3.05) is 5.32 Å². The van der Waals surface area contributed by atoms with Gasteiger partial charge in [0.05, 0.1) is 5.25 Å². The predicted octanol–water partition coefficient (Wildman–Crippen LogP) is 2.93. The molecule has 1 saturated carbocycles. The fourth-order valence-corrected chi connectivity index (χ4v) is 3.06. The Labute approximate surface area is 138 Å². The smallest absolute Gasteiger partial charge is 0.237 e. The quantitative estimate of drug-likeness (QED) is 0.651. The van der Waals surface area contributed by atoms with Crippen LogP contribution in [0.15, 0.2) is 35.7 Å². The number of nitrogens with zero attached hydrogens (tertiary/aromatic N) is 3. The van der Waals surface area contributed by atoms with Gasteiger partial charge in [0.1, 0.15) is 6.33 Å². The lowest BCUT2D eigenvalue weighted by atomic mass is 10.1. The molecule has 1 aromatic heterocycles. The van der Waals surface area contributed by atoms with Crippen LogP contribution >= 0.6 is 11.8 Å². The second-order valence-corrected chi connectivity index (χ2v) is 6.94. The lowest BCUT2D eigenvalue weighted by Crippen LogP contribution is -2.22. The number of ketones is 1. The van der Waals surface area contributed by atoms with Gasteiger partial charge in [0, 0.05) is 17.3 Å². The summed E-state index contributed by atoms with van der Waals surface area (Å²) >= 11 is 1.40. The van der Waals surface area contributed by atoms with Crippen LogP contribution in [0.4, 0.5) is 5.69 Å². The lowest BCUT2D eigenvalue weighted by Gasteiger charge is -2.12. The molecule has 7 heteroatoms. The van der Waals surface area contributed by atoms with Gasteiger partial charge >= 0.3 is 0 Å². The molecule has 3 rings (SSSR count). The number of aromatic nitrogens is 3. The van der Waals surface area contributed by atoms with E-state index >= 15 is 0 Å². The summed E-state index contributed by atoms with van der Waals surface area (Å²) in [5.41, 5.74) is 1.30. The Balaban J connectivity index is 1.60. The Morgan fingerprint density at radius 2 is 2.00 bits per heavy atom. The SMILES string of the molecule is CC(=O)c1ccc(NC(=O)[C@@H](C)Sc2nncn2C2CC2)cc1. The molecule has 6 nitrogen and oxygen atoms in total. The molecule has 0 aliphatic heterocycles. The van der Waals surface area contributed by atoms with Crippen molar-refractivity contribution < 1.29 is 9.59 Å². The highest BCUT2D eigenvalue weighted by molar-refractivity contribution is 8.00. The number of benzene rings is 1. The largest absolute Gasteiger partial charge is 0.325 e. The van der Waals surface area contributed by atoms with Crippen molar-refractivity contribution in [2.45, 2.75) is 43.1 Å². The van der Waals surface area contributed by atoms with E-state index in [0.717, 1.165) is 18.0 Å². The van der Waals surface area contributed by atoms with E-state index in [-0.39, 0.29) is 16.9 Å². The first-order valence-corrected chi connectivity index (χ1v) is 8.40. The number of hydrogen-bond donors (Lipinski definition) is 1. The zero-order chi connectivity index (χ0) is 16.4. The molecule has 0 bridgehead atoms. The number of Topliss-reactive ketones (excluding diaryl/α,β-unsaturated/α-hetero) is 1. The molecular formula is C16H18N4O2S. The van der Waals surface area contributed by atoms with E-state index in [1.165, 1.54) is 18.7 Å². The number of amides is 1. The molecular weight excluding hydrogens is 312 g/mol. The molecule has 1 heterocycles. The van der Waals surface area contributed by atoms with Crippen molar-refractivity contribution in [3.63, 3.8) is 0 Å². The van der Waals surface area contributed by atoms with Gasteiger partial charge in [-0.3, -0.25) is 9.59 Å². The van der Waals surface area contributed by atoms with Gasteiger partial charge in [-0.15, -0.1) is 10.2 Å². The van der Waals surface area contributed by atoms with Crippen LogP contribution in [0.25, 0.3) is 0 Å². The third-order valence-corrected chi connectivity index (χ3v) is 4.76. The van der Waals surface area contributed by atoms with Gasteiger partial charge in [0.2, 0.25) is 5.91 Å². The van der Waals surface area contributed by atoms with Crippen LogP contribution < -0.4 is 5.32 Å². The number of carbonyl (C=O) groups is 2. The van der Waals surface area contributed by atoms with E-state index in [2.05, 4.69) is 15.5 Å². The monoisotopic (exact) mass is 330 g/mol. The Hall–Kier alpha value is -2.15. The number of nitrogens with one attached hydrogen (secondary N) is 1. The number of rotatable bonds is 6. The van der Waals surface area contributed by atoms with Crippen molar-refractivity contribution in [3.8, 4) is 0 Å². The summed E-state index contributed by atoms with van der Waals surface area (Å²) in [6.45, 7) is 3.36. The van der Waals surface area contributed by atoms with Crippen molar-refractivity contribution in [3.05, 3.63) is 36.2 Å². The molecule has 1 atom stereocenters. The molecule has 1 amide bonds. The predicted molar refractivity (Wildman–Crippen MR) is 88.7 cm³/mol. The van der Waals surface area contributed by atoms with E-state index in [1.807, 2.05) is 11.5 Å². The zero-order valence-electron chi connectivity index (χ0n) is 13.0. The highest BCUT2D eigenvalue weighted by Gasteiger charge is 2.27. The first-order chi connectivity index (χ1) is 11.0. The average Bonchev–Trinajstić information content (AvgIpc) is 3.27. The molecule has 1 aromatic carbocycles. The molecule has 2 aromatic rings. The van der Waals surface area contributed by atoms with Crippen LogP contribution in [0.2, 0.25) is 0 Å². The minimum Gasteiger partial charge on any atom is -0.325 e. The van der Waals surface area contributed by atoms with Crippen molar-refractivity contribution in [1.29, 1.82) is 0 Å². The molecule has 0 spiro atoms. The Morgan fingerprint density at radius 1 is 1.30 bits per heavy atom. The molecule has 0 unspecified atom stereocenters. The van der Waals surface area contributed by atoms with E-state index in [1.54, 1.807) is 30.6 Å². The third kappa shape index (κ3) is 3.79. The highest BCUT2D eigenvalue weighted by atomic mass is 32.2. The summed E-state index contributed by atoms with van der Waals surface area (Å²) in [6.07, 6.45) is 4.02. The molecule has 23 heavy (non-hydrogen) atoms. The molecule has 1 aliphatic rings. The summed E-state index contributed by atoms with van der Waals surface area (Å²) in [5.74, 6) is -0.0952. The molecule has 1 N–H and O–H groups in total. The minimum atomic E-state index is -0.288. The fourth-order valence-electron chi connectivity index (χ4n) is 2.16. The summed E-state index contributed by atoms with van der Waals surface area (Å²) in [5, 5.41) is 11.4. The van der Waals surface area contributed by atoms with Gasteiger partial charge < -0.3 is 9.88 Å². The maximum Gasteiger partial charge on any atom is 0.237 e. The van der Waals surface area contributed by atoms with Crippen LogP contribution in [0.3, 0.4) is 0 Å². The van der Waals surface area contributed by atoms with Gasteiger partial charge in [-0.1, -0.05) is 11.8 Å². The minimum absolute atomic E-state index is 0.00575. The zero-order valence-corrected chi connectivity index (χ0v) is 13.8. The molecule has 0 radical (unpaired) electrons. The van der Waals surface area contributed by atoms with Crippen LogP contribution in [-0.2, 0) is 4.79 Å². The molecule has 0 saturated heterocycles. The second-order valence-electron chi connectivity index (χ2n) is 5.63. The number of carbonyl (C=O) groups excluding carboxylic acids is 2. The van der Waals surface area contributed by atoms with Crippen molar-refractivity contribution in [1.82, 2.24) is 14.8 Å². The van der Waals surface area contributed by atoms with Gasteiger partial charge in [-0.05, 0) is 51.0 Å². The maximum atomic E-state index is 12.3. The molecule has 1 aliphatic carbocycles. The topological polar surface area (TPSA) is 76.9 Å². The standard InChI is InChI=1S/C16H18N4O2S/c1-10(21)12-3-5-13(6-4-12)18-15(22)11(2)23-16-19-17-9-20(16)14-7-8-14/h3-6,9,11,14H,7-8H2,1-2H3,(H,18,22)/t11-/m1/s1. The first kappa shape index (κ1) is 15.7. The van der Waals surface area contributed by atoms with E-state index in [4.69, 9.17) is 0 Å². The van der Waals surface area contributed by atoms with Crippen LogP contribution in [0.5, 0.6) is 0 Å². The third-order valence-electron chi connectivity index (χ3n) is 3.69. The highest BCUT2D eigenvalue weighted by Crippen LogP contribution is 2.38. The normalized spacial score (nSPS) is 15.2. The second kappa shape index (κ2) is 6.54. The first-order valence-electron chi connectivity index (χ1n) is 7.52. The average molecular weight is 330 g/mol. The molecule has 120 valence electrons. The summed E-state index contributed by atoms with van der Waals surface area (Å²) in [4.78, 5) is 23.5. The van der Waals surface area contributed by atoms with Crippen LogP contribution in [-0.4, -0.2) is 31.7 Å².